The first-order valence-corrected chi connectivity index (χ1v) is 10.5. The molecular weight excluding hydrogens is 380 g/mol. The van der Waals surface area contributed by atoms with Gasteiger partial charge in [0.15, 0.2) is 6.61 Å². The molecule has 140 valence electrons. The molecule has 0 N–H and O–H groups in total. The minimum absolute atomic E-state index is 0.200. The number of hydrogen-bond donors (Lipinski definition) is 0. The molecule has 0 radical (unpaired) electrons. The van der Waals surface area contributed by atoms with E-state index in [1.54, 1.807) is 47.2 Å². The van der Waals surface area contributed by atoms with Crippen molar-refractivity contribution >= 4 is 45.2 Å². The van der Waals surface area contributed by atoms with Crippen LogP contribution in [0.3, 0.4) is 0 Å². The number of aromatic nitrogens is 1. The molecule has 1 atom stereocenters. The van der Waals surface area contributed by atoms with Crippen LogP contribution in [0.5, 0.6) is 0 Å². The molecule has 2 aromatic carbocycles. The lowest BCUT2D eigenvalue weighted by Gasteiger charge is -2.23. The maximum absolute atomic E-state index is 12.4. The van der Waals surface area contributed by atoms with Crippen LogP contribution < -0.4 is 0 Å². The zero-order chi connectivity index (χ0) is 19.4. The Hall–Kier alpha value is -2.38. The molecule has 7 heteroatoms. The lowest BCUT2D eigenvalue weighted by Crippen LogP contribution is -2.33. The largest absolute Gasteiger partial charge is 0.452 e. The van der Waals surface area contributed by atoms with Gasteiger partial charge in [0, 0.05) is 11.9 Å². The van der Waals surface area contributed by atoms with Gasteiger partial charge in [0.2, 0.25) is 0 Å². The molecule has 0 aliphatic carbocycles. The summed E-state index contributed by atoms with van der Waals surface area (Å²) in [6.07, 6.45) is 1.97. The molecular formula is C20H20N2O3S2. The van der Waals surface area contributed by atoms with E-state index in [1.165, 1.54) is 0 Å². The summed E-state index contributed by atoms with van der Waals surface area (Å²) in [5.41, 5.74) is 1.35. The van der Waals surface area contributed by atoms with Gasteiger partial charge in [0.05, 0.1) is 21.8 Å². The Labute approximate surface area is 166 Å². The Kier molecular flexibility index (Phi) is 6.13. The number of carbonyl (C=O) groups excluding carboxylic acids is 2. The van der Waals surface area contributed by atoms with Crippen LogP contribution in [0.15, 0.2) is 53.4 Å². The summed E-state index contributed by atoms with van der Waals surface area (Å²) in [5, 5.41) is 0.853. The van der Waals surface area contributed by atoms with Gasteiger partial charge in [-0.3, -0.25) is 4.79 Å². The molecule has 3 rings (SSSR count). The second-order valence-corrected chi connectivity index (χ2v) is 7.95. The first kappa shape index (κ1) is 19.4. The number of amides is 1. The second kappa shape index (κ2) is 8.54. The van der Waals surface area contributed by atoms with Crippen LogP contribution in [-0.4, -0.2) is 41.7 Å². The zero-order valence-electron chi connectivity index (χ0n) is 15.3. The van der Waals surface area contributed by atoms with Crippen molar-refractivity contribution < 1.29 is 14.3 Å². The van der Waals surface area contributed by atoms with Gasteiger partial charge >= 0.3 is 5.97 Å². The van der Waals surface area contributed by atoms with E-state index in [-0.39, 0.29) is 18.6 Å². The van der Waals surface area contributed by atoms with E-state index in [0.29, 0.717) is 5.56 Å². The van der Waals surface area contributed by atoms with E-state index in [0.717, 1.165) is 20.1 Å². The van der Waals surface area contributed by atoms with Crippen LogP contribution in [-0.2, 0) is 9.53 Å². The van der Waals surface area contributed by atoms with Gasteiger partial charge in [-0.05, 0) is 49.6 Å². The molecule has 1 amide bonds. The summed E-state index contributed by atoms with van der Waals surface area (Å²) in [6, 6.07) is 14.8. The molecule has 0 unspecified atom stereocenters. The third-order valence-corrected chi connectivity index (χ3v) is 6.24. The maximum Gasteiger partial charge on any atom is 0.338 e. The van der Waals surface area contributed by atoms with Crippen LogP contribution >= 0.6 is 23.1 Å². The maximum atomic E-state index is 12.4. The van der Waals surface area contributed by atoms with Gasteiger partial charge in [-0.25, -0.2) is 9.78 Å². The summed E-state index contributed by atoms with van der Waals surface area (Å²) in [5.74, 6) is -0.770. The molecule has 0 aliphatic rings. The van der Waals surface area contributed by atoms with Gasteiger partial charge < -0.3 is 9.64 Å². The number of carbonyl (C=O) groups is 2. The Morgan fingerprint density at radius 2 is 1.89 bits per heavy atom. The standard InChI is InChI=1S/C20H20N2O3S2/c1-13(19-21-16-6-4-5-7-17(16)27-19)22(2)18(23)12-25-20(24)14-8-10-15(26-3)11-9-14/h4-11,13H,12H2,1-3H3/t13-/m0/s1. The summed E-state index contributed by atoms with van der Waals surface area (Å²) >= 11 is 3.16. The molecule has 3 aromatic rings. The normalized spacial score (nSPS) is 12.0. The number of esters is 1. The highest BCUT2D eigenvalue weighted by Crippen LogP contribution is 2.28. The molecule has 0 fully saturated rings. The highest BCUT2D eigenvalue weighted by molar-refractivity contribution is 7.98. The molecule has 1 heterocycles. The van der Waals surface area contributed by atoms with Gasteiger partial charge in [-0.15, -0.1) is 23.1 Å². The third kappa shape index (κ3) is 4.48. The predicted octanol–water partition coefficient (Wildman–Crippen LogP) is 4.39. The minimum Gasteiger partial charge on any atom is -0.452 e. The van der Waals surface area contributed by atoms with E-state index in [9.17, 15) is 9.59 Å². The summed E-state index contributed by atoms with van der Waals surface area (Å²) in [7, 11) is 1.69. The number of fused-ring (bicyclic) bond motifs is 1. The molecule has 0 saturated heterocycles. The monoisotopic (exact) mass is 400 g/mol. The highest BCUT2D eigenvalue weighted by atomic mass is 32.2. The smallest absolute Gasteiger partial charge is 0.338 e. The number of benzene rings is 2. The van der Waals surface area contributed by atoms with Crippen molar-refractivity contribution in [3.8, 4) is 0 Å². The van der Waals surface area contributed by atoms with E-state index in [2.05, 4.69) is 4.98 Å². The molecule has 0 spiro atoms. The lowest BCUT2D eigenvalue weighted by atomic mass is 10.2. The molecule has 5 nitrogen and oxygen atoms in total. The fraction of sp³-hybridized carbons (Fsp3) is 0.250. The van der Waals surface area contributed by atoms with Crippen LogP contribution in [0, 0.1) is 0 Å². The fourth-order valence-electron chi connectivity index (χ4n) is 2.49. The summed E-state index contributed by atoms with van der Waals surface area (Å²) in [6.45, 7) is 1.62. The first-order valence-electron chi connectivity index (χ1n) is 8.42. The number of thiazole rings is 1. The molecule has 27 heavy (non-hydrogen) atoms. The number of ether oxygens (including phenoxy) is 1. The van der Waals surface area contributed by atoms with Gasteiger partial charge in [-0.1, -0.05) is 12.1 Å². The quantitative estimate of drug-likeness (QED) is 0.453. The average molecular weight is 401 g/mol. The van der Waals surface area contributed by atoms with Crippen molar-refractivity contribution in [2.75, 3.05) is 19.9 Å². The van der Waals surface area contributed by atoms with Crippen molar-refractivity contribution in [3.05, 3.63) is 59.1 Å². The first-order chi connectivity index (χ1) is 13.0. The number of hydrogen-bond acceptors (Lipinski definition) is 6. The predicted molar refractivity (Wildman–Crippen MR) is 109 cm³/mol. The Morgan fingerprint density at radius 3 is 2.56 bits per heavy atom. The molecule has 0 saturated carbocycles. The van der Waals surface area contributed by atoms with Crippen LogP contribution in [0.4, 0.5) is 0 Å². The Bertz CT molecular complexity index is 920. The lowest BCUT2D eigenvalue weighted by molar-refractivity contribution is -0.135. The number of rotatable bonds is 6. The van der Waals surface area contributed by atoms with E-state index in [1.807, 2.05) is 49.6 Å². The van der Waals surface area contributed by atoms with Crippen molar-refractivity contribution in [1.82, 2.24) is 9.88 Å². The second-order valence-electron chi connectivity index (χ2n) is 6.01. The van der Waals surface area contributed by atoms with Gasteiger partial charge in [0.25, 0.3) is 5.91 Å². The molecule has 1 aromatic heterocycles. The minimum atomic E-state index is -0.503. The average Bonchev–Trinajstić information content (AvgIpc) is 3.15. The van der Waals surface area contributed by atoms with Crippen LogP contribution in [0.2, 0.25) is 0 Å². The number of nitrogens with zero attached hydrogens (tertiary/aromatic N) is 2. The summed E-state index contributed by atoms with van der Waals surface area (Å²) < 4.78 is 6.26. The SMILES string of the molecule is CSc1ccc(C(=O)OCC(=O)N(C)[C@@H](C)c2nc3ccccc3s2)cc1. The fourth-order valence-corrected chi connectivity index (χ4v) is 3.96. The van der Waals surface area contributed by atoms with Crippen LogP contribution in [0.25, 0.3) is 10.2 Å². The van der Waals surface area contributed by atoms with Gasteiger partial charge in [-0.2, -0.15) is 0 Å². The van der Waals surface area contributed by atoms with E-state index in [4.69, 9.17) is 4.74 Å². The number of para-hydroxylation sites is 1. The number of likely N-dealkylation sites (N-methyl/N-ethyl adjacent to an activating group) is 1. The van der Waals surface area contributed by atoms with Crippen molar-refractivity contribution in [2.24, 2.45) is 0 Å². The van der Waals surface area contributed by atoms with Gasteiger partial charge in [0.1, 0.15) is 5.01 Å². The Morgan fingerprint density at radius 1 is 1.19 bits per heavy atom. The van der Waals surface area contributed by atoms with E-state index < -0.39 is 5.97 Å². The Balaban J connectivity index is 1.60. The topological polar surface area (TPSA) is 59.5 Å². The van der Waals surface area contributed by atoms with Crippen molar-refractivity contribution in [1.29, 1.82) is 0 Å². The molecule has 0 aliphatic heterocycles. The molecule has 0 bridgehead atoms. The van der Waals surface area contributed by atoms with Crippen molar-refractivity contribution in [3.63, 3.8) is 0 Å². The zero-order valence-corrected chi connectivity index (χ0v) is 17.0. The third-order valence-electron chi connectivity index (χ3n) is 4.29. The van der Waals surface area contributed by atoms with E-state index >= 15 is 0 Å². The number of thioether (sulfide) groups is 1. The summed E-state index contributed by atoms with van der Waals surface area (Å²) in [4.78, 5) is 31.8. The highest BCUT2D eigenvalue weighted by Gasteiger charge is 2.22. The van der Waals surface area contributed by atoms with Crippen LogP contribution in [0.1, 0.15) is 28.3 Å². The van der Waals surface area contributed by atoms with Crippen molar-refractivity contribution in [2.45, 2.75) is 17.9 Å².